The maximum absolute atomic E-state index is 12.1. The van der Waals surface area contributed by atoms with Gasteiger partial charge in [0, 0.05) is 23.2 Å². The van der Waals surface area contributed by atoms with Crippen molar-refractivity contribution in [3.63, 3.8) is 0 Å². The van der Waals surface area contributed by atoms with E-state index < -0.39 is 0 Å². The van der Waals surface area contributed by atoms with Gasteiger partial charge in [-0.25, -0.2) is 0 Å². The van der Waals surface area contributed by atoms with Crippen LogP contribution in [-0.4, -0.2) is 22.1 Å². The second-order valence-corrected chi connectivity index (χ2v) is 6.03. The van der Waals surface area contributed by atoms with E-state index in [0.717, 1.165) is 17.7 Å². The van der Waals surface area contributed by atoms with Crippen LogP contribution >= 0.6 is 0 Å². The first kappa shape index (κ1) is 17.6. The standard InChI is InChI=1S/C21H21N3O2/c1-3-15(2)22-21(25)17-11-9-16(10-12-17)19-13-14-20(24-23-19)26-18-7-5-4-6-8-18/h4-15H,3H2,1-2H3,(H,22,25). The third-order valence-corrected chi connectivity index (χ3v) is 4.04. The van der Waals surface area contributed by atoms with Gasteiger partial charge in [0.2, 0.25) is 5.88 Å². The fourth-order valence-electron chi connectivity index (χ4n) is 2.34. The van der Waals surface area contributed by atoms with Crippen LogP contribution in [0.25, 0.3) is 11.3 Å². The summed E-state index contributed by atoms with van der Waals surface area (Å²) >= 11 is 0. The van der Waals surface area contributed by atoms with Gasteiger partial charge in [0.25, 0.3) is 5.91 Å². The van der Waals surface area contributed by atoms with Gasteiger partial charge in [0.15, 0.2) is 0 Å². The van der Waals surface area contributed by atoms with E-state index in [9.17, 15) is 4.79 Å². The molecule has 0 radical (unpaired) electrons. The van der Waals surface area contributed by atoms with E-state index in [4.69, 9.17) is 4.74 Å². The van der Waals surface area contributed by atoms with Crippen molar-refractivity contribution in [1.29, 1.82) is 0 Å². The molecule has 1 amide bonds. The van der Waals surface area contributed by atoms with Crippen molar-refractivity contribution >= 4 is 5.91 Å². The number of aromatic nitrogens is 2. The van der Waals surface area contributed by atoms with Crippen molar-refractivity contribution in [3.05, 3.63) is 72.3 Å². The highest BCUT2D eigenvalue weighted by molar-refractivity contribution is 5.94. The number of hydrogen-bond donors (Lipinski definition) is 1. The highest BCUT2D eigenvalue weighted by Gasteiger charge is 2.09. The molecule has 1 atom stereocenters. The van der Waals surface area contributed by atoms with Crippen molar-refractivity contribution < 1.29 is 9.53 Å². The predicted octanol–water partition coefficient (Wildman–Crippen LogP) is 4.46. The molecule has 0 saturated carbocycles. The largest absolute Gasteiger partial charge is 0.438 e. The van der Waals surface area contributed by atoms with Crippen LogP contribution < -0.4 is 10.1 Å². The zero-order valence-electron chi connectivity index (χ0n) is 14.8. The molecule has 0 spiro atoms. The number of carbonyl (C=O) groups is 1. The fraction of sp³-hybridized carbons (Fsp3) is 0.190. The first-order valence-corrected chi connectivity index (χ1v) is 8.63. The van der Waals surface area contributed by atoms with Gasteiger partial charge in [-0.1, -0.05) is 37.3 Å². The third kappa shape index (κ3) is 4.45. The molecule has 0 bridgehead atoms. The maximum atomic E-state index is 12.1. The maximum Gasteiger partial charge on any atom is 0.251 e. The lowest BCUT2D eigenvalue weighted by atomic mass is 10.1. The number of rotatable bonds is 6. The van der Waals surface area contributed by atoms with Crippen LogP contribution in [-0.2, 0) is 0 Å². The summed E-state index contributed by atoms with van der Waals surface area (Å²) < 4.78 is 5.64. The lowest BCUT2D eigenvalue weighted by molar-refractivity contribution is 0.0939. The minimum atomic E-state index is -0.0661. The molecule has 0 aliphatic carbocycles. The Morgan fingerprint density at radius 2 is 1.73 bits per heavy atom. The molecule has 26 heavy (non-hydrogen) atoms. The number of para-hydroxylation sites is 1. The van der Waals surface area contributed by atoms with E-state index in [-0.39, 0.29) is 11.9 Å². The topological polar surface area (TPSA) is 64.1 Å². The second kappa shape index (κ2) is 8.25. The van der Waals surface area contributed by atoms with Gasteiger partial charge in [-0.3, -0.25) is 4.79 Å². The number of carbonyl (C=O) groups excluding carboxylic acids is 1. The summed E-state index contributed by atoms with van der Waals surface area (Å²) in [5.74, 6) is 1.08. The van der Waals surface area contributed by atoms with E-state index in [0.29, 0.717) is 17.2 Å². The molecule has 0 saturated heterocycles. The van der Waals surface area contributed by atoms with Gasteiger partial charge in [-0.2, -0.15) is 0 Å². The van der Waals surface area contributed by atoms with Gasteiger partial charge in [0.05, 0.1) is 5.69 Å². The molecule has 0 aliphatic rings. The number of nitrogens with one attached hydrogen (secondary N) is 1. The lowest BCUT2D eigenvalue weighted by Crippen LogP contribution is -2.31. The molecule has 0 fully saturated rings. The van der Waals surface area contributed by atoms with Crippen LogP contribution in [0.3, 0.4) is 0 Å². The first-order chi connectivity index (χ1) is 12.7. The Bertz CT molecular complexity index is 847. The summed E-state index contributed by atoms with van der Waals surface area (Å²) in [6.45, 7) is 4.03. The molecule has 2 aromatic carbocycles. The van der Waals surface area contributed by atoms with E-state index in [1.165, 1.54) is 0 Å². The zero-order valence-corrected chi connectivity index (χ0v) is 14.8. The van der Waals surface area contributed by atoms with Gasteiger partial charge < -0.3 is 10.1 Å². The second-order valence-electron chi connectivity index (χ2n) is 6.03. The minimum Gasteiger partial charge on any atom is -0.438 e. The average Bonchev–Trinajstić information content (AvgIpc) is 2.69. The van der Waals surface area contributed by atoms with Crippen LogP contribution in [0, 0.1) is 0 Å². The van der Waals surface area contributed by atoms with Crippen molar-refractivity contribution in [3.8, 4) is 22.9 Å². The molecule has 5 nitrogen and oxygen atoms in total. The third-order valence-electron chi connectivity index (χ3n) is 4.04. The Hall–Kier alpha value is -3.21. The van der Waals surface area contributed by atoms with Crippen LogP contribution in [0.1, 0.15) is 30.6 Å². The lowest BCUT2D eigenvalue weighted by Gasteiger charge is -2.11. The summed E-state index contributed by atoms with van der Waals surface area (Å²) in [6, 6.07) is 20.5. The summed E-state index contributed by atoms with van der Waals surface area (Å²) in [6.07, 6.45) is 0.900. The van der Waals surface area contributed by atoms with Crippen molar-refractivity contribution in [2.75, 3.05) is 0 Å². The van der Waals surface area contributed by atoms with Crippen molar-refractivity contribution in [1.82, 2.24) is 15.5 Å². The smallest absolute Gasteiger partial charge is 0.251 e. The molecule has 1 unspecified atom stereocenters. The van der Waals surface area contributed by atoms with Crippen LogP contribution in [0.15, 0.2) is 66.7 Å². The summed E-state index contributed by atoms with van der Waals surface area (Å²) in [7, 11) is 0. The fourth-order valence-corrected chi connectivity index (χ4v) is 2.34. The number of hydrogen-bond acceptors (Lipinski definition) is 4. The van der Waals surface area contributed by atoms with Gasteiger partial charge in [-0.15, -0.1) is 10.2 Å². The van der Waals surface area contributed by atoms with E-state index in [1.54, 1.807) is 18.2 Å². The minimum absolute atomic E-state index is 0.0661. The van der Waals surface area contributed by atoms with Gasteiger partial charge in [0.1, 0.15) is 5.75 Å². The van der Waals surface area contributed by atoms with Crippen molar-refractivity contribution in [2.45, 2.75) is 26.3 Å². The van der Waals surface area contributed by atoms with Gasteiger partial charge >= 0.3 is 0 Å². The normalized spacial score (nSPS) is 11.6. The quantitative estimate of drug-likeness (QED) is 0.715. The predicted molar refractivity (Wildman–Crippen MR) is 101 cm³/mol. The SMILES string of the molecule is CCC(C)NC(=O)c1ccc(-c2ccc(Oc3ccccc3)nn2)cc1. The van der Waals surface area contributed by atoms with Crippen LogP contribution in [0.5, 0.6) is 11.6 Å². The Morgan fingerprint density at radius 3 is 2.35 bits per heavy atom. The van der Waals surface area contributed by atoms with Gasteiger partial charge in [-0.05, 0) is 43.7 Å². The average molecular weight is 347 g/mol. The molecule has 3 aromatic rings. The Labute approximate surface area is 153 Å². The van der Waals surface area contributed by atoms with E-state index >= 15 is 0 Å². The number of amides is 1. The van der Waals surface area contributed by atoms with Crippen LogP contribution in [0.2, 0.25) is 0 Å². The first-order valence-electron chi connectivity index (χ1n) is 8.63. The molecule has 5 heteroatoms. The summed E-state index contributed by atoms with van der Waals surface area (Å²) in [5.41, 5.74) is 2.24. The number of benzene rings is 2. The summed E-state index contributed by atoms with van der Waals surface area (Å²) in [5, 5.41) is 11.3. The monoisotopic (exact) mass is 347 g/mol. The molecular formula is C21H21N3O2. The van der Waals surface area contributed by atoms with E-state index in [1.807, 2.05) is 62.4 Å². The molecule has 132 valence electrons. The molecule has 0 aliphatic heterocycles. The number of ether oxygens (including phenoxy) is 1. The van der Waals surface area contributed by atoms with E-state index in [2.05, 4.69) is 15.5 Å². The Morgan fingerprint density at radius 1 is 1.00 bits per heavy atom. The molecule has 1 heterocycles. The molecular weight excluding hydrogens is 326 g/mol. The highest BCUT2D eigenvalue weighted by Crippen LogP contribution is 2.21. The highest BCUT2D eigenvalue weighted by atomic mass is 16.5. The molecule has 1 aromatic heterocycles. The summed E-state index contributed by atoms with van der Waals surface area (Å²) in [4.78, 5) is 12.1. The zero-order chi connectivity index (χ0) is 18.4. The molecule has 1 N–H and O–H groups in total. The Kier molecular flexibility index (Phi) is 5.59. The van der Waals surface area contributed by atoms with Crippen molar-refractivity contribution in [2.24, 2.45) is 0 Å². The number of nitrogens with zero attached hydrogens (tertiary/aromatic N) is 2. The van der Waals surface area contributed by atoms with Crippen LogP contribution in [0.4, 0.5) is 0 Å². The molecule has 3 rings (SSSR count). The Balaban J connectivity index is 1.68.